The Morgan fingerprint density at radius 2 is 1.94 bits per heavy atom. The highest BCUT2D eigenvalue weighted by Crippen LogP contribution is 2.20. The van der Waals surface area contributed by atoms with Crippen molar-refractivity contribution in [2.45, 2.75) is 65.8 Å². The van der Waals surface area contributed by atoms with Gasteiger partial charge in [0.15, 0.2) is 0 Å². The van der Waals surface area contributed by atoms with Crippen LogP contribution in [0.15, 0.2) is 6.20 Å². The van der Waals surface area contributed by atoms with E-state index in [0.29, 0.717) is 11.8 Å². The fourth-order valence-electron chi connectivity index (χ4n) is 1.67. The molecule has 0 amide bonds. The van der Waals surface area contributed by atoms with Crippen molar-refractivity contribution < 1.29 is 0 Å². The molecule has 0 aliphatic heterocycles. The molecule has 0 aromatic carbocycles. The second kappa shape index (κ2) is 6.66. The van der Waals surface area contributed by atoms with E-state index in [9.17, 15) is 0 Å². The molecule has 1 unspecified atom stereocenters. The van der Waals surface area contributed by atoms with Gasteiger partial charge in [-0.05, 0) is 12.3 Å². The van der Waals surface area contributed by atoms with Crippen molar-refractivity contribution in [2.75, 3.05) is 0 Å². The second-order valence-electron chi connectivity index (χ2n) is 5.00. The van der Waals surface area contributed by atoms with E-state index in [-0.39, 0.29) is 0 Å². The molecule has 0 spiro atoms. The Labute approximate surface area is 99.2 Å². The zero-order valence-electron chi connectivity index (χ0n) is 11.1. The Morgan fingerprint density at radius 3 is 2.56 bits per heavy atom. The maximum Gasteiger partial charge on any atom is 0.0857 e. The number of unbranched alkanes of at least 4 members (excludes halogenated alkanes) is 3. The van der Waals surface area contributed by atoms with Crippen LogP contribution in [0.2, 0.25) is 0 Å². The van der Waals surface area contributed by atoms with Crippen LogP contribution in [0.5, 0.6) is 0 Å². The lowest BCUT2D eigenvalue weighted by Crippen LogP contribution is -2.02. The van der Waals surface area contributed by atoms with Gasteiger partial charge in [0.1, 0.15) is 0 Å². The summed E-state index contributed by atoms with van der Waals surface area (Å²) in [5.74, 6) is 1.13. The van der Waals surface area contributed by atoms with E-state index in [1.807, 2.05) is 4.68 Å². The third kappa shape index (κ3) is 3.95. The van der Waals surface area contributed by atoms with Crippen LogP contribution in [0.25, 0.3) is 0 Å². The molecule has 1 aromatic rings. The van der Waals surface area contributed by atoms with Crippen molar-refractivity contribution in [3.63, 3.8) is 0 Å². The number of hydrogen-bond donors (Lipinski definition) is 0. The van der Waals surface area contributed by atoms with Crippen molar-refractivity contribution >= 4 is 0 Å². The summed E-state index contributed by atoms with van der Waals surface area (Å²) in [5, 5.41) is 8.43. The molecule has 92 valence electrons. The van der Waals surface area contributed by atoms with Gasteiger partial charge in [0.25, 0.3) is 0 Å². The predicted octanol–water partition coefficient (Wildman–Crippen LogP) is 3.62. The smallest absolute Gasteiger partial charge is 0.0857 e. The van der Waals surface area contributed by atoms with Crippen LogP contribution >= 0.6 is 0 Å². The molecule has 3 heteroatoms. The van der Waals surface area contributed by atoms with Gasteiger partial charge >= 0.3 is 0 Å². The molecule has 1 aromatic heterocycles. The van der Waals surface area contributed by atoms with Gasteiger partial charge in [0.05, 0.1) is 5.69 Å². The minimum Gasteiger partial charge on any atom is -0.252 e. The zero-order valence-corrected chi connectivity index (χ0v) is 11.1. The van der Waals surface area contributed by atoms with Crippen LogP contribution in [0.4, 0.5) is 0 Å². The summed E-state index contributed by atoms with van der Waals surface area (Å²) >= 11 is 0. The molecule has 0 N–H and O–H groups in total. The van der Waals surface area contributed by atoms with Gasteiger partial charge in [-0.1, -0.05) is 52.2 Å². The molecule has 0 aliphatic rings. The monoisotopic (exact) mass is 223 g/mol. The quantitative estimate of drug-likeness (QED) is 0.661. The molecule has 0 bridgehead atoms. The molecular weight excluding hydrogens is 198 g/mol. The lowest BCUT2D eigenvalue weighted by molar-refractivity contribution is 0.522. The minimum absolute atomic E-state index is 0.504. The third-order valence-corrected chi connectivity index (χ3v) is 3.26. The predicted molar refractivity (Wildman–Crippen MR) is 67.4 cm³/mol. The van der Waals surface area contributed by atoms with Crippen LogP contribution in [-0.2, 0) is 6.54 Å². The summed E-state index contributed by atoms with van der Waals surface area (Å²) in [4.78, 5) is 0. The lowest BCUT2D eigenvalue weighted by atomic mass is 9.95. The lowest BCUT2D eigenvalue weighted by Gasteiger charge is -2.10. The van der Waals surface area contributed by atoms with E-state index < -0.39 is 0 Å². The minimum atomic E-state index is 0.504. The summed E-state index contributed by atoms with van der Waals surface area (Å²) in [5.41, 5.74) is 1.13. The van der Waals surface area contributed by atoms with E-state index >= 15 is 0 Å². The molecule has 1 atom stereocenters. The van der Waals surface area contributed by atoms with Crippen LogP contribution in [-0.4, -0.2) is 15.0 Å². The number of hydrogen-bond acceptors (Lipinski definition) is 2. The molecule has 0 fully saturated rings. The summed E-state index contributed by atoms with van der Waals surface area (Å²) in [7, 11) is 0. The first-order valence-electron chi connectivity index (χ1n) is 6.55. The molecule has 0 aliphatic carbocycles. The Kier molecular flexibility index (Phi) is 5.50. The number of rotatable bonds is 7. The maximum absolute atomic E-state index is 4.25. The summed E-state index contributed by atoms with van der Waals surface area (Å²) in [6, 6.07) is 0. The van der Waals surface area contributed by atoms with Crippen molar-refractivity contribution in [3.05, 3.63) is 11.9 Å². The summed E-state index contributed by atoms with van der Waals surface area (Å²) in [6.45, 7) is 9.92. The van der Waals surface area contributed by atoms with Crippen LogP contribution in [0.1, 0.15) is 65.0 Å². The molecule has 1 rings (SSSR count). The van der Waals surface area contributed by atoms with Crippen molar-refractivity contribution in [2.24, 2.45) is 5.92 Å². The van der Waals surface area contributed by atoms with Crippen molar-refractivity contribution in [1.29, 1.82) is 0 Å². The standard InChI is InChI=1S/C13H25N3/c1-5-6-7-8-9-16-10-13(14-15-16)12(4)11(2)3/h10-12H,5-9H2,1-4H3. The fraction of sp³-hybridized carbons (Fsp3) is 0.846. The average molecular weight is 223 g/mol. The van der Waals surface area contributed by atoms with E-state index in [0.717, 1.165) is 12.2 Å². The Bertz CT molecular complexity index is 291. The molecule has 0 radical (unpaired) electrons. The van der Waals surface area contributed by atoms with Crippen LogP contribution < -0.4 is 0 Å². The van der Waals surface area contributed by atoms with E-state index in [2.05, 4.69) is 44.2 Å². The van der Waals surface area contributed by atoms with Gasteiger partial charge in [-0.25, -0.2) is 0 Å². The highest BCUT2D eigenvalue weighted by molar-refractivity contribution is 5.01. The van der Waals surface area contributed by atoms with E-state index in [1.54, 1.807) is 0 Å². The van der Waals surface area contributed by atoms with Gasteiger partial charge in [0.2, 0.25) is 0 Å². The van der Waals surface area contributed by atoms with Crippen LogP contribution in [0, 0.1) is 5.92 Å². The number of nitrogens with zero attached hydrogens (tertiary/aromatic N) is 3. The molecule has 1 heterocycles. The second-order valence-corrected chi connectivity index (χ2v) is 5.00. The Hall–Kier alpha value is -0.860. The fourth-order valence-corrected chi connectivity index (χ4v) is 1.67. The van der Waals surface area contributed by atoms with Gasteiger partial charge in [0, 0.05) is 18.7 Å². The highest BCUT2D eigenvalue weighted by atomic mass is 15.4. The van der Waals surface area contributed by atoms with Gasteiger partial charge in [-0.3, -0.25) is 4.68 Å². The Balaban J connectivity index is 2.39. The van der Waals surface area contributed by atoms with Crippen molar-refractivity contribution in [3.8, 4) is 0 Å². The largest absolute Gasteiger partial charge is 0.252 e. The summed E-state index contributed by atoms with van der Waals surface area (Å²) < 4.78 is 1.99. The molecule has 0 saturated carbocycles. The first-order chi connectivity index (χ1) is 7.65. The zero-order chi connectivity index (χ0) is 12.0. The molecule has 3 nitrogen and oxygen atoms in total. The van der Waals surface area contributed by atoms with E-state index in [1.165, 1.54) is 25.7 Å². The van der Waals surface area contributed by atoms with Gasteiger partial charge in [-0.2, -0.15) is 0 Å². The first kappa shape index (κ1) is 13.2. The van der Waals surface area contributed by atoms with E-state index in [4.69, 9.17) is 0 Å². The normalized spacial score (nSPS) is 13.3. The Morgan fingerprint density at radius 1 is 1.19 bits per heavy atom. The molecule has 0 saturated heterocycles. The number of aryl methyl sites for hydroxylation is 1. The molecule has 16 heavy (non-hydrogen) atoms. The third-order valence-electron chi connectivity index (χ3n) is 3.26. The topological polar surface area (TPSA) is 30.7 Å². The first-order valence-corrected chi connectivity index (χ1v) is 6.55. The van der Waals surface area contributed by atoms with Gasteiger partial charge < -0.3 is 0 Å². The molecular formula is C13H25N3. The summed E-state index contributed by atoms with van der Waals surface area (Å²) in [6.07, 6.45) is 7.23. The van der Waals surface area contributed by atoms with Crippen molar-refractivity contribution in [1.82, 2.24) is 15.0 Å². The highest BCUT2D eigenvalue weighted by Gasteiger charge is 2.13. The maximum atomic E-state index is 4.25. The van der Waals surface area contributed by atoms with Gasteiger partial charge in [-0.15, -0.1) is 5.10 Å². The SMILES string of the molecule is CCCCCCn1cc(C(C)C(C)C)nn1. The number of aromatic nitrogens is 3. The van der Waals surface area contributed by atoms with Crippen LogP contribution in [0.3, 0.4) is 0 Å². The average Bonchev–Trinajstić information content (AvgIpc) is 2.72.